The van der Waals surface area contributed by atoms with Gasteiger partial charge in [0.1, 0.15) is 0 Å². The van der Waals surface area contributed by atoms with Gasteiger partial charge < -0.3 is 16.0 Å². The number of piperidine rings is 1. The summed E-state index contributed by atoms with van der Waals surface area (Å²) in [4.78, 5) is 23.3. The van der Waals surface area contributed by atoms with E-state index in [2.05, 4.69) is 36.7 Å². The fraction of sp³-hybridized carbons (Fsp3) is 0.857. The minimum Gasteiger partial charge on any atom is -0.350 e. The lowest BCUT2D eigenvalue weighted by Crippen LogP contribution is -2.52. The maximum atomic E-state index is 11.7. The molecule has 1 rings (SSSR count). The smallest absolute Gasteiger partial charge is 0.239 e. The Kier molecular flexibility index (Phi) is 9.59. The molecule has 0 aromatic heterocycles. The molecule has 0 aromatic rings. The van der Waals surface area contributed by atoms with E-state index < -0.39 is 0 Å². The molecule has 0 aromatic carbocycles. The standard InChI is InChI=1S/C14H27N3O2.ClH/c1-10(2)4-5-13(18)16-9-14(19)17-12-8-15-7-6-11(12)3;/h10-12,15H,4-9H2,1-3H3,(H,16,18)(H,17,19);1H. The van der Waals surface area contributed by atoms with Gasteiger partial charge in [-0.15, -0.1) is 12.4 Å². The molecule has 1 heterocycles. The lowest BCUT2D eigenvalue weighted by Gasteiger charge is -2.30. The average molecular weight is 306 g/mol. The van der Waals surface area contributed by atoms with Crippen molar-refractivity contribution in [1.82, 2.24) is 16.0 Å². The Morgan fingerprint density at radius 2 is 2.00 bits per heavy atom. The second-order valence-corrected chi connectivity index (χ2v) is 5.85. The Bertz CT molecular complexity index is 311. The summed E-state index contributed by atoms with van der Waals surface area (Å²) < 4.78 is 0. The van der Waals surface area contributed by atoms with E-state index in [1.807, 2.05) is 0 Å². The van der Waals surface area contributed by atoms with Gasteiger partial charge in [0.25, 0.3) is 0 Å². The first-order valence-corrected chi connectivity index (χ1v) is 7.25. The molecule has 3 N–H and O–H groups in total. The van der Waals surface area contributed by atoms with Crippen LogP contribution in [-0.4, -0.2) is 37.5 Å². The van der Waals surface area contributed by atoms with Gasteiger partial charge in [0, 0.05) is 19.0 Å². The predicted octanol–water partition coefficient (Wildman–Crippen LogP) is 1.07. The van der Waals surface area contributed by atoms with E-state index in [9.17, 15) is 9.59 Å². The molecule has 1 aliphatic rings. The summed E-state index contributed by atoms with van der Waals surface area (Å²) in [5.74, 6) is 0.854. The molecule has 5 nitrogen and oxygen atoms in total. The van der Waals surface area contributed by atoms with E-state index in [0.29, 0.717) is 18.3 Å². The van der Waals surface area contributed by atoms with E-state index >= 15 is 0 Å². The van der Waals surface area contributed by atoms with Crippen LogP contribution in [0.25, 0.3) is 0 Å². The first kappa shape index (κ1) is 19.2. The number of carbonyl (C=O) groups is 2. The number of nitrogens with one attached hydrogen (secondary N) is 3. The molecule has 118 valence electrons. The fourth-order valence-electron chi connectivity index (χ4n) is 2.13. The minimum absolute atomic E-state index is 0. The highest BCUT2D eigenvalue weighted by atomic mass is 35.5. The molecular formula is C14H28ClN3O2. The van der Waals surface area contributed by atoms with Crippen molar-refractivity contribution in [2.45, 2.75) is 46.1 Å². The summed E-state index contributed by atoms with van der Waals surface area (Å²) in [6, 6.07) is 0.175. The van der Waals surface area contributed by atoms with Crippen LogP contribution in [0.2, 0.25) is 0 Å². The third-order valence-corrected chi connectivity index (χ3v) is 3.57. The highest BCUT2D eigenvalue weighted by Crippen LogP contribution is 2.10. The van der Waals surface area contributed by atoms with Gasteiger partial charge in [-0.1, -0.05) is 20.8 Å². The Balaban J connectivity index is 0.00000361. The Labute approximate surface area is 128 Å². The Morgan fingerprint density at radius 1 is 1.30 bits per heavy atom. The second kappa shape index (κ2) is 10.00. The third kappa shape index (κ3) is 7.70. The van der Waals surface area contributed by atoms with Gasteiger partial charge >= 0.3 is 0 Å². The molecule has 1 fully saturated rings. The summed E-state index contributed by atoms with van der Waals surface area (Å²) in [5, 5.41) is 8.91. The van der Waals surface area contributed by atoms with Gasteiger partial charge in [-0.25, -0.2) is 0 Å². The van der Waals surface area contributed by atoms with E-state index in [4.69, 9.17) is 0 Å². The maximum Gasteiger partial charge on any atom is 0.239 e. The largest absolute Gasteiger partial charge is 0.350 e. The zero-order valence-corrected chi connectivity index (χ0v) is 13.5. The molecule has 1 saturated heterocycles. The van der Waals surface area contributed by atoms with Crippen LogP contribution in [-0.2, 0) is 9.59 Å². The van der Waals surface area contributed by atoms with Crippen molar-refractivity contribution in [2.24, 2.45) is 11.8 Å². The second-order valence-electron chi connectivity index (χ2n) is 5.85. The quantitative estimate of drug-likeness (QED) is 0.687. The number of halogens is 1. The van der Waals surface area contributed by atoms with Gasteiger partial charge in [-0.05, 0) is 31.2 Å². The molecule has 0 spiro atoms. The van der Waals surface area contributed by atoms with Gasteiger partial charge in [-0.2, -0.15) is 0 Å². The number of amides is 2. The van der Waals surface area contributed by atoms with Crippen LogP contribution in [0.1, 0.15) is 40.0 Å². The monoisotopic (exact) mass is 305 g/mol. The topological polar surface area (TPSA) is 70.2 Å². The molecule has 2 unspecified atom stereocenters. The van der Waals surface area contributed by atoms with Crippen LogP contribution in [0.15, 0.2) is 0 Å². The van der Waals surface area contributed by atoms with Crippen LogP contribution >= 0.6 is 12.4 Å². The van der Waals surface area contributed by atoms with E-state index in [1.165, 1.54) is 0 Å². The summed E-state index contributed by atoms with van der Waals surface area (Å²) in [5.41, 5.74) is 0. The normalized spacial score (nSPS) is 22.0. The molecule has 0 bridgehead atoms. The first-order valence-electron chi connectivity index (χ1n) is 7.25. The summed E-state index contributed by atoms with van der Waals surface area (Å²) in [7, 11) is 0. The van der Waals surface area contributed by atoms with E-state index in [0.717, 1.165) is 25.9 Å². The van der Waals surface area contributed by atoms with Crippen molar-refractivity contribution in [3.63, 3.8) is 0 Å². The van der Waals surface area contributed by atoms with Crippen molar-refractivity contribution in [2.75, 3.05) is 19.6 Å². The van der Waals surface area contributed by atoms with Gasteiger partial charge in [-0.3, -0.25) is 9.59 Å². The lowest BCUT2D eigenvalue weighted by atomic mass is 9.95. The van der Waals surface area contributed by atoms with Crippen LogP contribution in [0.5, 0.6) is 0 Å². The van der Waals surface area contributed by atoms with Crippen molar-refractivity contribution in [3.05, 3.63) is 0 Å². The summed E-state index contributed by atoms with van der Waals surface area (Å²) in [6.45, 7) is 8.22. The van der Waals surface area contributed by atoms with Crippen molar-refractivity contribution in [3.8, 4) is 0 Å². The summed E-state index contributed by atoms with van der Waals surface area (Å²) in [6.07, 6.45) is 2.43. The number of rotatable bonds is 6. The highest BCUT2D eigenvalue weighted by molar-refractivity contribution is 5.85. The van der Waals surface area contributed by atoms with Crippen LogP contribution < -0.4 is 16.0 Å². The zero-order valence-electron chi connectivity index (χ0n) is 12.7. The Hall–Kier alpha value is -0.810. The molecule has 6 heteroatoms. The SMILES string of the molecule is CC(C)CCC(=O)NCC(=O)NC1CNCCC1C.Cl. The molecule has 0 saturated carbocycles. The minimum atomic E-state index is -0.0987. The molecule has 2 atom stereocenters. The molecule has 0 aliphatic carbocycles. The highest BCUT2D eigenvalue weighted by Gasteiger charge is 2.22. The van der Waals surface area contributed by atoms with Crippen LogP contribution in [0.4, 0.5) is 0 Å². The average Bonchev–Trinajstić information content (AvgIpc) is 2.36. The van der Waals surface area contributed by atoms with Crippen molar-refractivity contribution >= 4 is 24.2 Å². The number of hydrogen-bond acceptors (Lipinski definition) is 3. The van der Waals surface area contributed by atoms with Gasteiger partial charge in [0.2, 0.25) is 11.8 Å². The zero-order chi connectivity index (χ0) is 14.3. The molecule has 1 aliphatic heterocycles. The molecule has 20 heavy (non-hydrogen) atoms. The fourth-order valence-corrected chi connectivity index (χ4v) is 2.13. The number of carbonyl (C=O) groups excluding carboxylic acids is 2. The Morgan fingerprint density at radius 3 is 2.60 bits per heavy atom. The van der Waals surface area contributed by atoms with Crippen LogP contribution in [0.3, 0.4) is 0 Å². The van der Waals surface area contributed by atoms with Crippen LogP contribution in [0, 0.1) is 11.8 Å². The lowest BCUT2D eigenvalue weighted by molar-refractivity contribution is -0.126. The maximum absolute atomic E-state index is 11.7. The predicted molar refractivity (Wildman–Crippen MR) is 82.9 cm³/mol. The third-order valence-electron chi connectivity index (χ3n) is 3.57. The van der Waals surface area contributed by atoms with Gasteiger partial charge in [0.15, 0.2) is 0 Å². The molecule has 0 radical (unpaired) electrons. The number of hydrogen-bond donors (Lipinski definition) is 3. The molecule has 2 amide bonds. The van der Waals surface area contributed by atoms with Gasteiger partial charge in [0.05, 0.1) is 6.54 Å². The van der Waals surface area contributed by atoms with E-state index in [1.54, 1.807) is 0 Å². The van der Waals surface area contributed by atoms with E-state index in [-0.39, 0.29) is 36.8 Å². The first-order chi connectivity index (χ1) is 8.99. The molecular weight excluding hydrogens is 278 g/mol. The summed E-state index contributed by atoms with van der Waals surface area (Å²) >= 11 is 0. The van der Waals surface area contributed by atoms with Crippen molar-refractivity contribution in [1.29, 1.82) is 0 Å². The van der Waals surface area contributed by atoms with Crippen molar-refractivity contribution < 1.29 is 9.59 Å².